The SMILES string of the molecule is COC[C@@H]1[C@H](O)[C@H](c2ccccc2)C=C(C)[C@@H]1COC. The highest BCUT2D eigenvalue weighted by Gasteiger charge is 2.38. The third-order valence-electron chi connectivity index (χ3n) is 4.24. The van der Waals surface area contributed by atoms with Gasteiger partial charge in [-0.3, -0.25) is 0 Å². The van der Waals surface area contributed by atoms with Crippen molar-refractivity contribution >= 4 is 0 Å². The van der Waals surface area contributed by atoms with Gasteiger partial charge in [0.25, 0.3) is 0 Å². The van der Waals surface area contributed by atoms with Gasteiger partial charge in [-0.2, -0.15) is 0 Å². The highest BCUT2D eigenvalue weighted by atomic mass is 16.5. The lowest BCUT2D eigenvalue weighted by atomic mass is 9.71. The summed E-state index contributed by atoms with van der Waals surface area (Å²) in [5.74, 6) is 0.314. The van der Waals surface area contributed by atoms with Crippen LogP contribution < -0.4 is 0 Å². The molecule has 2 rings (SSSR count). The van der Waals surface area contributed by atoms with Crippen LogP contribution in [0.25, 0.3) is 0 Å². The van der Waals surface area contributed by atoms with E-state index in [-0.39, 0.29) is 17.8 Å². The molecular weight excluding hydrogens is 252 g/mol. The minimum absolute atomic E-state index is 0.0319. The Morgan fingerprint density at radius 2 is 1.70 bits per heavy atom. The number of methoxy groups -OCH3 is 2. The monoisotopic (exact) mass is 276 g/mol. The molecule has 0 aliphatic heterocycles. The number of rotatable bonds is 5. The third-order valence-corrected chi connectivity index (χ3v) is 4.24. The zero-order chi connectivity index (χ0) is 14.5. The Hall–Kier alpha value is -1.16. The van der Waals surface area contributed by atoms with Crippen LogP contribution in [0.4, 0.5) is 0 Å². The molecule has 0 amide bonds. The number of ether oxygens (including phenoxy) is 2. The molecule has 1 aliphatic carbocycles. The van der Waals surface area contributed by atoms with Crippen LogP contribution in [-0.2, 0) is 9.47 Å². The van der Waals surface area contributed by atoms with Gasteiger partial charge in [0, 0.05) is 32.0 Å². The highest BCUT2D eigenvalue weighted by Crippen LogP contribution is 2.39. The van der Waals surface area contributed by atoms with Crippen LogP contribution in [-0.4, -0.2) is 38.6 Å². The molecule has 3 heteroatoms. The molecule has 20 heavy (non-hydrogen) atoms. The summed E-state index contributed by atoms with van der Waals surface area (Å²) in [6.07, 6.45) is 1.73. The molecule has 0 unspecified atom stereocenters. The van der Waals surface area contributed by atoms with Gasteiger partial charge in [-0.25, -0.2) is 0 Å². The molecule has 1 aliphatic rings. The molecule has 0 aromatic heterocycles. The van der Waals surface area contributed by atoms with E-state index in [1.54, 1.807) is 14.2 Å². The first-order valence-electron chi connectivity index (χ1n) is 7.08. The van der Waals surface area contributed by atoms with Crippen molar-refractivity contribution in [3.8, 4) is 0 Å². The summed E-state index contributed by atoms with van der Waals surface area (Å²) < 4.78 is 10.6. The Balaban J connectivity index is 2.31. The molecule has 0 fully saturated rings. The van der Waals surface area contributed by atoms with E-state index in [1.165, 1.54) is 5.57 Å². The van der Waals surface area contributed by atoms with Crippen molar-refractivity contribution in [2.75, 3.05) is 27.4 Å². The molecule has 4 atom stereocenters. The number of aliphatic hydroxyl groups excluding tert-OH is 1. The predicted molar refractivity (Wildman–Crippen MR) is 79.7 cm³/mol. The van der Waals surface area contributed by atoms with E-state index in [1.807, 2.05) is 18.2 Å². The fourth-order valence-corrected chi connectivity index (χ4v) is 3.16. The highest BCUT2D eigenvalue weighted by molar-refractivity contribution is 5.30. The summed E-state index contributed by atoms with van der Waals surface area (Å²) in [6.45, 7) is 3.28. The standard InChI is InChI=1S/C17H24O3/c1-12-9-14(13-7-5-4-6-8-13)17(18)16(11-20-3)15(12)10-19-2/h4-9,14-18H,10-11H2,1-3H3/t14-,15-,16-,17+/m0/s1. The Bertz CT molecular complexity index is 441. The van der Waals surface area contributed by atoms with E-state index in [0.717, 1.165) is 5.56 Å². The third kappa shape index (κ3) is 3.11. The molecule has 0 spiro atoms. The first kappa shape index (κ1) is 15.2. The summed E-state index contributed by atoms with van der Waals surface area (Å²) in [4.78, 5) is 0. The summed E-state index contributed by atoms with van der Waals surface area (Å²) in [6, 6.07) is 10.2. The molecular formula is C17H24O3. The van der Waals surface area contributed by atoms with Gasteiger partial charge in [0.2, 0.25) is 0 Å². The number of hydrogen-bond acceptors (Lipinski definition) is 3. The van der Waals surface area contributed by atoms with Crippen molar-refractivity contribution in [1.29, 1.82) is 0 Å². The maximum absolute atomic E-state index is 10.7. The molecule has 0 saturated heterocycles. The Labute approximate surface area is 121 Å². The van der Waals surface area contributed by atoms with E-state index in [4.69, 9.17) is 9.47 Å². The Morgan fingerprint density at radius 3 is 2.30 bits per heavy atom. The fourth-order valence-electron chi connectivity index (χ4n) is 3.16. The van der Waals surface area contributed by atoms with Gasteiger partial charge in [-0.05, 0) is 12.5 Å². The normalized spacial score (nSPS) is 30.1. The second-order valence-electron chi connectivity index (χ2n) is 5.52. The van der Waals surface area contributed by atoms with E-state index < -0.39 is 6.10 Å². The summed E-state index contributed by atoms with van der Waals surface area (Å²) in [7, 11) is 3.38. The minimum atomic E-state index is -0.443. The smallest absolute Gasteiger partial charge is 0.0700 e. The molecule has 1 aromatic rings. The molecule has 110 valence electrons. The zero-order valence-electron chi connectivity index (χ0n) is 12.5. The van der Waals surface area contributed by atoms with Gasteiger partial charge >= 0.3 is 0 Å². The summed E-state index contributed by atoms with van der Waals surface area (Å²) in [5.41, 5.74) is 2.42. The van der Waals surface area contributed by atoms with E-state index in [9.17, 15) is 5.11 Å². The Kier molecular flexibility index (Phi) is 5.35. The van der Waals surface area contributed by atoms with Gasteiger partial charge in [0.05, 0.1) is 19.3 Å². The van der Waals surface area contributed by atoms with Gasteiger partial charge < -0.3 is 14.6 Å². The maximum Gasteiger partial charge on any atom is 0.0700 e. The molecule has 1 aromatic carbocycles. The van der Waals surface area contributed by atoms with Crippen LogP contribution in [0.5, 0.6) is 0 Å². The average molecular weight is 276 g/mol. The van der Waals surface area contributed by atoms with Crippen molar-refractivity contribution in [3.63, 3.8) is 0 Å². The van der Waals surface area contributed by atoms with Gasteiger partial charge in [0.1, 0.15) is 0 Å². The van der Waals surface area contributed by atoms with Gasteiger partial charge in [-0.1, -0.05) is 42.0 Å². The molecule has 0 radical (unpaired) electrons. The van der Waals surface area contributed by atoms with Gasteiger partial charge in [0.15, 0.2) is 0 Å². The van der Waals surface area contributed by atoms with E-state index >= 15 is 0 Å². The molecule has 0 bridgehead atoms. The number of hydrogen-bond donors (Lipinski definition) is 1. The van der Waals surface area contributed by atoms with Crippen molar-refractivity contribution in [2.24, 2.45) is 11.8 Å². The quantitative estimate of drug-likeness (QED) is 0.840. The maximum atomic E-state index is 10.7. The van der Waals surface area contributed by atoms with Crippen LogP contribution in [0.15, 0.2) is 42.0 Å². The topological polar surface area (TPSA) is 38.7 Å². The second-order valence-corrected chi connectivity index (χ2v) is 5.52. The van der Waals surface area contributed by atoms with Crippen molar-refractivity contribution in [1.82, 2.24) is 0 Å². The fraction of sp³-hybridized carbons (Fsp3) is 0.529. The minimum Gasteiger partial charge on any atom is -0.392 e. The van der Waals surface area contributed by atoms with E-state index in [0.29, 0.717) is 13.2 Å². The zero-order valence-corrected chi connectivity index (χ0v) is 12.5. The van der Waals surface area contributed by atoms with Crippen molar-refractivity contribution in [2.45, 2.75) is 18.9 Å². The number of benzene rings is 1. The molecule has 1 N–H and O–H groups in total. The molecule has 0 saturated carbocycles. The summed E-state index contributed by atoms with van der Waals surface area (Å²) >= 11 is 0. The summed E-state index contributed by atoms with van der Waals surface area (Å²) in [5, 5.41) is 10.7. The van der Waals surface area contributed by atoms with Crippen LogP contribution in [0.2, 0.25) is 0 Å². The van der Waals surface area contributed by atoms with E-state index in [2.05, 4.69) is 25.1 Å². The van der Waals surface area contributed by atoms with Crippen LogP contribution >= 0.6 is 0 Å². The first-order valence-corrected chi connectivity index (χ1v) is 7.08. The van der Waals surface area contributed by atoms with Crippen LogP contribution in [0.3, 0.4) is 0 Å². The van der Waals surface area contributed by atoms with Crippen LogP contribution in [0, 0.1) is 11.8 Å². The predicted octanol–water partition coefficient (Wildman–Crippen LogP) is 2.62. The first-order chi connectivity index (χ1) is 9.69. The Morgan fingerprint density at radius 1 is 1.05 bits per heavy atom. The second kappa shape index (κ2) is 7.02. The molecule has 0 heterocycles. The lowest BCUT2D eigenvalue weighted by molar-refractivity contribution is -0.00991. The largest absolute Gasteiger partial charge is 0.392 e. The van der Waals surface area contributed by atoms with Gasteiger partial charge in [-0.15, -0.1) is 0 Å². The number of aliphatic hydroxyl groups is 1. The molecule has 3 nitrogen and oxygen atoms in total. The lowest BCUT2D eigenvalue weighted by Crippen LogP contribution is -2.41. The van der Waals surface area contributed by atoms with Crippen molar-refractivity contribution in [3.05, 3.63) is 47.5 Å². The average Bonchev–Trinajstić information content (AvgIpc) is 2.47. The van der Waals surface area contributed by atoms with Crippen molar-refractivity contribution < 1.29 is 14.6 Å². The van der Waals surface area contributed by atoms with Crippen LogP contribution in [0.1, 0.15) is 18.4 Å². The lowest BCUT2D eigenvalue weighted by Gasteiger charge is -2.39.